The van der Waals surface area contributed by atoms with Gasteiger partial charge in [-0.05, 0) is 75.1 Å². The van der Waals surface area contributed by atoms with E-state index in [0.29, 0.717) is 35.5 Å². The van der Waals surface area contributed by atoms with Crippen LogP contribution in [0.5, 0.6) is 0 Å². The first-order chi connectivity index (χ1) is 33.6. The Bertz CT molecular complexity index is 2670. The van der Waals surface area contributed by atoms with Crippen LogP contribution >= 0.6 is 0 Å². The van der Waals surface area contributed by atoms with Crippen molar-refractivity contribution in [3.8, 4) is 17.1 Å². The van der Waals surface area contributed by atoms with Gasteiger partial charge in [0, 0.05) is 75.6 Å². The summed E-state index contributed by atoms with van der Waals surface area (Å²) >= 11 is 0. The second-order valence-corrected chi connectivity index (χ2v) is 20.1. The SMILES string of the molecule is CC(C)c1cccc(C(C)C)c1-n1ccnc1-c1[c-]cccc1.CC(C)c1cccc(C(C)C)c1N(/C=C\[NH-])Cc1[c-]cccc1.CC(C)c1cccc(C(C)C)c1N1C=CN(C)C1c1[c-]cccc1.[Ir]. The summed E-state index contributed by atoms with van der Waals surface area (Å²) in [6.45, 7) is 27.7. The van der Waals surface area contributed by atoms with Crippen LogP contribution < -0.4 is 9.80 Å². The Morgan fingerprint density at radius 1 is 0.563 bits per heavy atom. The van der Waals surface area contributed by atoms with E-state index in [1.165, 1.54) is 62.2 Å². The predicted molar refractivity (Wildman–Crippen MR) is 298 cm³/mol. The molecule has 0 saturated heterocycles. The molecule has 7 heteroatoms. The summed E-state index contributed by atoms with van der Waals surface area (Å²) in [5, 5.41) is 0. The van der Waals surface area contributed by atoms with Gasteiger partial charge < -0.3 is 25.0 Å². The predicted octanol–water partition coefficient (Wildman–Crippen LogP) is 17.5. The van der Waals surface area contributed by atoms with E-state index in [-0.39, 0.29) is 26.3 Å². The maximum Gasteiger partial charge on any atom is 0.109 e. The van der Waals surface area contributed by atoms with Crippen molar-refractivity contribution in [2.45, 2.75) is 131 Å². The molecule has 6 nitrogen and oxygen atoms in total. The summed E-state index contributed by atoms with van der Waals surface area (Å²) in [5.41, 5.74) is 22.9. The zero-order chi connectivity index (χ0) is 50.5. The Kier molecular flexibility index (Phi) is 20.7. The Morgan fingerprint density at radius 3 is 1.49 bits per heavy atom. The van der Waals surface area contributed by atoms with Crippen LogP contribution in [0, 0.1) is 18.2 Å². The molecule has 1 aromatic heterocycles. The molecule has 1 radical (unpaired) electrons. The summed E-state index contributed by atoms with van der Waals surface area (Å²) in [5.74, 6) is 3.70. The molecule has 1 aliphatic heterocycles. The number of benzene rings is 6. The first-order valence-corrected chi connectivity index (χ1v) is 25.2. The molecule has 1 aliphatic rings. The fraction of sp³-hybridized carbons (Fsp3) is 0.328. The molecule has 0 amide bonds. The fourth-order valence-electron chi connectivity index (χ4n) is 9.34. The Labute approximate surface area is 441 Å². The van der Waals surface area contributed by atoms with Gasteiger partial charge in [0.05, 0.1) is 5.82 Å². The number of hydrogen-bond donors (Lipinski definition) is 0. The summed E-state index contributed by atoms with van der Waals surface area (Å²) < 4.78 is 2.22. The van der Waals surface area contributed by atoms with Gasteiger partial charge in [-0.15, -0.1) is 47.0 Å². The van der Waals surface area contributed by atoms with E-state index >= 15 is 0 Å². The smallest absolute Gasteiger partial charge is 0.109 e. The van der Waals surface area contributed by atoms with Gasteiger partial charge in [-0.3, -0.25) is 4.98 Å². The van der Waals surface area contributed by atoms with Crippen molar-refractivity contribution in [3.05, 3.63) is 233 Å². The van der Waals surface area contributed by atoms with Crippen LogP contribution in [-0.2, 0) is 26.7 Å². The van der Waals surface area contributed by atoms with Gasteiger partial charge in [0.15, 0.2) is 0 Å². The molecule has 2 heterocycles. The number of imidazole rings is 1. The van der Waals surface area contributed by atoms with Crippen molar-refractivity contribution in [1.82, 2.24) is 14.5 Å². The minimum Gasteiger partial charge on any atom is -0.704 e. The molecule has 0 fully saturated rings. The third-order valence-corrected chi connectivity index (χ3v) is 12.9. The monoisotopic (exact) mass is 1120 g/mol. The van der Waals surface area contributed by atoms with Gasteiger partial charge in [0.1, 0.15) is 6.17 Å². The second-order valence-electron chi connectivity index (χ2n) is 20.1. The number of hydrogen-bond acceptors (Lipinski definition) is 4. The van der Waals surface area contributed by atoms with Crippen LogP contribution in [0.25, 0.3) is 22.8 Å². The van der Waals surface area contributed by atoms with Gasteiger partial charge in [-0.25, -0.2) is 0 Å². The van der Waals surface area contributed by atoms with E-state index in [0.717, 1.165) is 23.5 Å². The molecule has 7 aromatic rings. The number of para-hydroxylation sites is 3. The standard InChI is InChI=1S/C22H27N2.C21H23N2.C21H26N2.Ir/c1-16(2)19-12-9-13-20(17(3)4)21(19)24-15-14-23(5)22(24)18-10-7-6-8-11-18;1-15(2)18-11-8-12-19(16(3)4)20(18)23-14-13-22-21(23)17-9-6-5-7-10-17;1-16(2)19-11-8-12-20(17(3)4)21(19)23(14-13-22)15-18-9-6-5-7-10-18;/h6-10,12-17,22H,1-5H3;5-9,11-16H,1-4H3;5-9,11-14,16-17,22H,15H2,1-4H3;/q2*-1;-2;/b;;14-13-;. The Hall–Kier alpha value is -6.14. The van der Waals surface area contributed by atoms with Crippen LogP contribution in [0.3, 0.4) is 0 Å². The van der Waals surface area contributed by atoms with Crippen LogP contribution in [-0.4, -0.2) is 21.5 Å². The van der Waals surface area contributed by atoms with E-state index in [2.05, 4.69) is 230 Å². The Balaban J connectivity index is 0.000000197. The van der Waals surface area contributed by atoms with Crippen molar-refractivity contribution < 1.29 is 20.1 Å². The van der Waals surface area contributed by atoms with Crippen molar-refractivity contribution >= 4 is 11.4 Å². The summed E-state index contributed by atoms with van der Waals surface area (Å²) in [4.78, 5) is 11.4. The van der Waals surface area contributed by atoms with Gasteiger partial charge in [-0.1, -0.05) is 138 Å². The van der Waals surface area contributed by atoms with E-state index in [1.807, 2.05) is 60.9 Å². The third kappa shape index (κ3) is 13.6. The first kappa shape index (κ1) is 55.8. The minimum absolute atomic E-state index is 0. The molecule has 0 aliphatic carbocycles. The van der Waals surface area contributed by atoms with E-state index in [9.17, 15) is 0 Å². The number of nitrogens with one attached hydrogen (secondary N) is 1. The number of aromatic nitrogens is 2. The van der Waals surface area contributed by atoms with Gasteiger partial charge in [-0.2, -0.15) is 66.9 Å². The van der Waals surface area contributed by atoms with Crippen molar-refractivity contribution in [2.24, 2.45) is 0 Å². The van der Waals surface area contributed by atoms with E-state index < -0.39 is 0 Å². The zero-order valence-electron chi connectivity index (χ0n) is 44.4. The van der Waals surface area contributed by atoms with Crippen LogP contribution in [0.2, 0.25) is 0 Å². The van der Waals surface area contributed by atoms with Gasteiger partial charge in [0.25, 0.3) is 0 Å². The fourth-order valence-corrected chi connectivity index (χ4v) is 9.34. The molecule has 1 N–H and O–H groups in total. The molecule has 0 bridgehead atoms. The number of anilines is 2. The van der Waals surface area contributed by atoms with Crippen molar-refractivity contribution in [1.29, 1.82) is 0 Å². The molecule has 6 aromatic carbocycles. The van der Waals surface area contributed by atoms with Crippen LogP contribution in [0.4, 0.5) is 11.4 Å². The topological polar surface area (TPSA) is 51.3 Å². The maximum absolute atomic E-state index is 7.57. The molecule has 8 rings (SSSR count). The largest absolute Gasteiger partial charge is 0.704 e. The van der Waals surface area contributed by atoms with Crippen molar-refractivity contribution in [3.63, 3.8) is 0 Å². The van der Waals surface area contributed by atoms with Crippen LogP contribution in [0.1, 0.15) is 169 Å². The molecular formula is C64H76IrN6-4. The second kappa shape index (κ2) is 26.3. The number of rotatable bonds is 14. The van der Waals surface area contributed by atoms with E-state index in [4.69, 9.17) is 5.73 Å². The van der Waals surface area contributed by atoms with Crippen LogP contribution in [0.15, 0.2) is 165 Å². The van der Waals surface area contributed by atoms with Gasteiger partial charge >= 0.3 is 0 Å². The molecule has 1 atom stereocenters. The molecule has 1 unspecified atom stereocenters. The Morgan fingerprint density at radius 2 is 1.04 bits per heavy atom. The first-order valence-electron chi connectivity index (χ1n) is 25.2. The summed E-state index contributed by atoms with van der Waals surface area (Å²) in [6.07, 6.45) is 11.7. The average Bonchev–Trinajstić information content (AvgIpc) is 4.01. The normalized spacial score (nSPS) is 13.3. The maximum atomic E-state index is 7.57. The summed E-state index contributed by atoms with van der Waals surface area (Å²) in [7, 11) is 2.13. The molecule has 375 valence electrons. The molecule has 71 heavy (non-hydrogen) atoms. The van der Waals surface area contributed by atoms with Gasteiger partial charge in [0.2, 0.25) is 0 Å². The minimum atomic E-state index is 0. The quantitative estimate of drug-likeness (QED) is 0.102. The third-order valence-electron chi connectivity index (χ3n) is 12.9. The molecule has 0 spiro atoms. The number of nitrogens with zero attached hydrogens (tertiary/aromatic N) is 5. The molecular weight excluding hydrogens is 1040 g/mol. The van der Waals surface area contributed by atoms with E-state index in [1.54, 1.807) is 0 Å². The zero-order valence-corrected chi connectivity index (χ0v) is 46.8. The van der Waals surface area contributed by atoms with Crippen molar-refractivity contribution in [2.75, 3.05) is 16.8 Å². The average molecular weight is 1120 g/mol. The summed E-state index contributed by atoms with van der Waals surface area (Å²) in [6, 6.07) is 54.2. The molecule has 0 saturated carbocycles.